The van der Waals surface area contributed by atoms with Gasteiger partial charge < -0.3 is 15.2 Å². The molecule has 1 rings (SSSR count). The third-order valence-electron chi connectivity index (χ3n) is 2.27. The first kappa shape index (κ1) is 15.2. The summed E-state index contributed by atoms with van der Waals surface area (Å²) in [5.74, 6) is -1.31. The maximum atomic E-state index is 11.6. The minimum absolute atomic E-state index is 0.00608. The summed E-state index contributed by atoms with van der Waals surface area (Å²) in [5, 5.41) is 11.6. The van der Waals surface area contributed by atoms with Gasteiger partial charge in [-0.05, 0) is 25.1 Å². The minimum atomic E-state index is -1.11. The Morgan fingerprint density at radius 2 is 2.26 bits per heavy atom. The Morgan fingerprint density at radius 1 is 1.58 bits per heavy atom. The predicted molar refractivity (Wildman–Crippen MR) is 74.4 cm³/mol. The number of carbonyl (C=O) groups is 2. The average Bonchev–Trinajstić information content (AvgIpc) is 2.35. The van der Waals surface area contributed by atoms with E-state index in [-0.39, 0.29) is 17.2 Å². The van der Waals surface area contributed by atoms with Gasteiger partial charge in [-0.2, -0.15) is 0 Å². The fraction of sp³-hybridized carbons (Fsp3) is 0.231. The van der Waals surface area contributed by atoms with Gasteiger partial charge in [0.05, 0.1) is 0 Å². The molecule has 0 spiro atoms. The number of benzene rings is 1. The van der Waals surface area contributed by atoms with Crippen LogP contribution in [0, 0.1) is 0 Å². The first-order valence-corrected chi connectivity index (χ1v) is 6.33. The predicted octanol–water partition coefficient (Wildman–Crippen LogP) is 2.22. The molecular weight excluding hydrogens is 314 g/mol. The summed E-state index contributed by atoms with van der Waals surface area (Å²) in [6.07, 6.45) is 0.749. The number of rotatable bonds is 6. The van der Waals surface area contributed by atoms with Crippen molar-refractivity contribution < 1.29 is 19.4 Å². The summed E-state index contributed by atoms with van der Waals surface area (Å²) in [7, 11) is 0. The molecule has 0 aromatic heterocycles. The van der Waals surface area contributed by atoms with E-state index in [0.29, 0.717) is 11.0 Å². The molecule has 1 unspecified atom stereocenters. The van der Waals surface area contributed by atoms with E-state index in [4.69, 9.17) is 9.84 Å². The lowest BCUT2D eigenvalue weighted by molar-refractivity contribution is -0.127. The molecule has 0 aliphatic carbocycles. The molecule has 1 atom stereocenters. The molecule has 0 radical (unpaired) electrons. The number of carbonyl (C=O) groups excluding carboxylic acids is 1. The Hall–Kier alpha value is -1.82. The number of hydrogen-bond acceptors (Lipinski definition) is 3. The van der Waals surface area contributed by atoms with Gasteiger partial charge in [0.1, 0.15) is 11.3 Å². The van der Waals surface area contributed by atoms with Crippen LogP contribution in [0.1, 0.15) is 17.3 Å². The minimum Gasteiger partial charge on any atom is -0.480 e. The molecule has 6 heteroatoms. The van der Waals surface area contributed by atoms with Crippen molar-refractivity contribution in [2.45, 2.75) is 13.0 Å². The molecule has 0 bridgehead atoms. The summed E-state index contributed by atoms with van der Waals surface area (Å²) >= 11 is 3.23. The highest BCUT2D eigenvalue weighted by atomic mass is 79.9. The van der Waals surface area contributed by atoms with E-state index in [1.807, 2.05) is 0 Å². The smallest absolute Gasteiger partial charge is 0.339 e. The third-order valence-corrected chi connectivity index (χ3v) is 2.76. The van der Waals surface area contributed by atoms with Crippen molar-refractivity contribution in [2.75, 3.05) is 6.54 Å². The highest BCUT2D eigenvalue weighted by Crippen LogP contribution is 2.24. The lowest BCUT2D eigenvalue weighted by Crippen LogP contribution is -2.36. The number of carboxylic acids is 1. The monoisotopic (exact) mass is 327 g/mol. The molecule has 1 aromatic carbocycles. The lowest BCUT2D eigenvalue weighted by atomic mass is 10.2. The van der Waals surface area contributed by atoms with Crippen LogP contribution in [0.15, 0.2) is 35.3 Å². The van der Waals surface area contributed by atoms with Crippen molar-refractivity contribution in [1.29, 1.82) is 0 Å². The standard InChI is InChI=1S/C13H14BrNO4/c1-3-6-15-12(16)8(2)19-11-7-9(14)4-5-10(11)13(17)18/h3-5,7-8H,1,6H2,2H3,(H,15,16)(H,17,18). The number of ether oxygens (including phenoxy) is 1. The molecule has 1 amide bonds. The zero-order valence-electron chi connectivity index (χ0n) is 10.4. The summed E-state index contributed by atoms with van der Waals surface area (Å²) in [4.78, 5) is 22.7. The number of hydrogen-bond donors (Lipinski definition) is 2. The number of halogens is 1. The third kappa shape index (κ3) is 4.40. The van der Waals surface area contributed by atoms with E-state index in [2.05, 4.69) is 27.8 Å². The van der Waals surface area contributed by atoms with Crippen LogP contribution in [0.3, 0.4) is 0 Å². The Morgan fingerprint density at radius 3 is 2.84 bits per heavy atom. The van der Waals surface area contributed by atoms with Crippen molar-refractivity contribution in [3.05, 3.63) is 40.9 Å². The molecule has 0 saturated carbocycles. The Labute approximate surface area is 119 Å². The van der Waals surface area contributed by atoms with Crippen molar-refractivity contribution in [3.8, 4) is 5.75 Å². The van der Waals surface area contributed by atoms with Crippen molar-refractivity contribution in [2.24, 2.45) is 0 Å². The van der Waals surface area contributed by atoms with Gasteiger partial charge in [-0.1, -0.05) is 22.0 Å². The van der Waals surface area contributed by atoms with E-state index in [1.165, 1.54) is 12.1 Å². The maximum absolute atomic E-state index is 11.6. The van der Waals surface area contributed by atoms with Crippen molar-refractivity contribution >= 4 is 27.8 Å². The summed E-state index contributed by atoms with van der Waals surface area (Å²) < 4.78 is 6.06. The summed E-state index contributed by atoms with van der Waals surface area (Å²) in [5.41, 5.74) is 0.00608. The molecule has 19 heavy (non-hydrogen) atoms. The van der Waals surface area contributed by atoms with Gasteiger partial charge in [-0.3, -0.25) is 4.79 Å². The number of aromatic carboxylic acids is 1. The van der Waals surface area contributed by atoms with Gasteiger partial charge in [-0.15, -0.1) is 6.58 Å². The zero-order valence-corrected chi connectivity index (χ0v) is 11.9. The second-order valence-electron chi connectivity index (χ2n) is 3.74. The first-order valence-electron chi connectivity index (χ1n) is 5.53. The van der Waals surface area contributed by atoms with Gasteiger partial charge in [0, 0.05) is 11.0 Å². The molecule has 1 aromatic rings. The van der Waals surface area contributed by atoms with Crippen LogP contribution in [-0.2, 0) is 4.79 Å². The molecule has 5 nitrogen and oxygen atoms in total. The van der Waals surface area contributed by atoms with E-state index in [1.54, 1.807) is 19.1 Å². The van der Waals surface area contributed by atoms with Crippen LogP contribution in [0.5, 0.6) is 5.75 Å². The normalized spacial score (nSPS) is 11.5. The van der Waals surface area contributed by atoms with Crippen LogP contribution in [0.4, 0.5) is 0 Å². The van der Waals surface area contributed by atoms with Gasteiger partial charge in [-0.25, -0.2) is 4.79 Å². The largest absolute Gasteiger partial charge is 0.480 e. The maximum Gasteiger partial charge on any atom is 0.339 e. The van der Waals surface area contributed by atoms with Crippen LogP contribution < -0.4 is 10.1 Å². The number of nitrogens with one attached hydrogen (secondary N) is 1. The second-order valence-corrected chi connectivity index (χ2v) is 4.66. The molecule has 102 valence electrons. The molecule has 0 fully saturated rings. The van der Waals surface area contributed by atoms with Crippen molar-refractivity contribution in [3.63, 3.8) is 0 Å². The van der Waals surface area contributed by atoms with Crippen LogP contribution in [-0.4, -0.2) is 29.6 Å². The molecule has 0 heterocycles. The lowest BCUT2D eigenvalue weighted by Gasteiger charge is -2.15. The summed E-state index contributed by atoms with van der Waals surface area (Å²) in [6.45, 7) is 5.36. The topological polar surface area (TPSA) is 75.6 Å². The zero-order chi connectivity index (χ0) is 14.4. The van der Waals surface area contributed by atoms with Gasteiger partial charge in [0.25, 0.3) is 5.91 Å². The van der Waals surface area contributed by atoms with Gasteiger partial charge in [0.15, 0.2) is 6.10 Å². The van der Waals surface area contributed by atoms with Crippen LogP contribution >= 0.6 is 15.9 Å². The van der Waals surface area contributed by atoms with Crippen LogP contribution in [0.25, 0.3) is 0 Å². The van der Waals surface area contributed by atoms with E-state index < -0.39 is 12.1 Å². The van der Waals surface area contributed by atoms with Crippen molar-refractivity contribution in [1.82, 2.24) is 5.32 Å². The van der Waals surface area contributed by atoms with Gasteiger partial charge in [0.2, 0.25) is 0 Å². The quantitative estimate of drug-likeness (QED) is 0.785. The Balaban J connectivity index is 2.86. The van der Waals surface area contributed by atoms with Gasteiger partial charge >= 0.3 is 5.97 Å². The Kier molecular flexibility index (Phi) is 5.57. The summed E-state index contributed by atoms with van der Waals surface area (Å²) in [6, 6.07) is 4.52. The molecule has 0 aliphatic heterocycles. The fourth-order valence-electron chi connectivity index (χ4n) is 1.33. The second kappa shape index (κ2) is 6.94. The highest BCUT2D eigenvalue weighted by Gasteiger charge is 2.18. The SMILES string of the molecule is C=CCNC(=O)C(C)Oc1cc(Br)ccc1C(=O)O. The number of carboxylic acid groups (broad SMARTS) is 1. The molecule has 0 saturated heterocycles. The van der Waals surface area contributed by atoms with Crippen LogP contribution in [0.2, 0.25) is 0 Å². The number of amides is 1. The molecule has 0 aliphatic rings. The fourth-order valence-corrected chi connectivity index (χ4v) is 1.67. The molecular formula is C13H14BrNO4. The highest BCUT2D eigenvalue weighted by molar-refractivity contribution is 9.10. The molecule has 2 N–H and O–H groups in total. The first-order chi connectivity index (χ1) is 8.95. The Bertz CT molecular complexity index is 501. The van der Waals surface area contributed by atoms with E-state index in [9.17, 15) is 9.59 Å². The van der Waals surface area contributed by atoms with E-state index >= 15 is 0 Å². The van der Waals surface area contributed by atoms with E-state index in [0.717, 1.165) is 0 Å². The average molecular weight is 328 g/mol.